The van der Waals surface area contributed by atoms with Crippen molar-refractivity contribution in [1.82, 2.24) is 25.2 Å². The summed E-state index contributed by atoms with van der Waals surface area (Å²) in [5, 5.41) is 13.1. The Hall–Kier alpha value is -2.87. The van der Waals surface area contributed by atoms with Crippen LogP contribution in [0.5, 0.6) is 0 Å². The molecule has 25 heavy (non-hydrogen) atoms. The average Bonchev–Trinajstić information content (AvgIpc) is 2.63. The van der Waals surface area contributed by atoms with Gasteiger partial charge in [0.15, 0.2) is 0 Å². The van der Waals surface area contributed by atoms with Crippen LogP contribution in [0.15, 0.2) is 36.8 Å². The minimum atomic E-state index is -0.858. The largest absolute Gasteiger partial charge is 0.389 e. The molecule has 0 bridgehead atoms. The van der Waals surface area contributed by atoms with Crippen molar-refractivity contribution < 1.29 is 14.7 Å². The number of carbonyl (C=O) groups is 2. The van der Waals surface area contributed by atoms with E-state index in [1.165, 1.54) is 18.6 Å². The molecule has 8 heteroatoms. The summed E-state index contributed by atoms with van der Waals surface area (Å²) >= 11 is 0. The van der Waals surface area contributed by atoms with Crippen LogP contribution in [0.4, 0.5) is 0 Å². The highest BCUT2D eigenvalue weighted by Crippen LogP contribution is 2.14. The molecule has 3 heterocycles. The van der Waals surface area contributed by atoms with Gasteiger partial charge in [-0.1, -0.05) is 6.07 Å². The number of pyridine rings is 1. The van der Waals surface area contributed by atoms with Crippen molar-refractivity contribution in [2.24, 2.45) is 0 Å². The molecule has 2 aromatic heterocycles. The van der Waals surface area contributed by atoms with E-state index in [0.29, 0.717) is 18.7 Å². The van der Waals surface area contributed by atoms with Gasteiger partial charge in [-0.3, -0.25) is 14.6 Å². The van der Waals surface area contributed by atoms with Crippen LogP contribution in [0.25, 0.3) is 0 Å². The molecule has 3 rings (SSSR count). The fourth-order valence-electron chi connectivity index (χ4n) is 2.77. The predicted octanol–water partition coefficient (Wildman–Crippen LogP) is 0.185. The molecular weight excluding hydrogens is 322 g/mol. The van der Waals surface area contributed by atoms with Crippen molar-refractivity contribution in [3.8, 4) is 0 Å². The fourth-order valence-corrected chi connectivity index (χ4v) is 2.77. The molecule has 1 aliphatic heterocycles. The lowest BCUT2D eigenvalue weighted by Gasteiger charge is -2.36. The number of aliphatic hydroxyl groups is 1. The third-order valence-corrected chi connectivity index (χ3v) is 4.09. The maximum atomic E-state index is 12.5. The molecule has 2 amide bonds. The van der Waals surface area contributed by atoms with Gasteiger partial charge in [0.1, 0.15) is 11.4 Å². The number of likely N-dealkylation sites (tertiary alicyclic amines) is 1. The van der Waals surface area contributed by atoms with Crippen molar-refractivity contribution in [2.75, 3.05) is 13.1 Å². The number of hydrogen-bond donors (Lipinski definition) is 2. The molecule has 0 saturated carbocycles. The van der Waals surface area contributed by atoms with Crippen LogP contribution < -0.4 is 5.32 Å². The van der Waals surface area contributed by atoms with Gasteiger partial charge in [0.2, 0.25) is 0 Å². The van der Waals surface area contributed by atoms with Crippen LogP contribution in [0.3, 0.4) is 0 Å². The summed E-state index contributed by atoms with van der Waals surface area (Å²) in [6, 6.07) is 4.81. The van der Waals surface area contributed by atoms with Gasteiger partial charge >= 0.3 is 0 Å². The maximum absolute atomic E-state index is 12.5. The lowest BCUT2D eigenvalue weighted by atomic mass is 10.0. The van der Waals surface area contributed by atoms with Crippen LogP contribution >= 0.6 is 0 Å². The number of β-amino-alcohol motifs (C(OH)–C–C–N with tert-alkyl or cyclic N) is 1. The summed E-state index contributed by atoms with van der Waals surface area (Å²) in [4.78, 5) is 38.2. The molecule has 0 aliphatic carbocycles. The van der Waals surface area contributed by atoms with Crippen molar-refractivity contribution in [3.63, 3.8) is 0 Å². The Labute approximate surface area is 144 Å². The summed E-state index contributed by atoms with van der Waals surface area (Å²) in [5.41, 5.74) is 1.31. The molecular formula is C17H19N5O3. The minimum Gasteiger partial charge on any atom is -0.389 e. The molecule has 1 aliphatic rings. The standard InChI is InChI=1S/C17H19N5O3/c1-11-3-2-4-13(20-11)17(25)22-8-5-12(15(23)10-22)21-16(24)14-9-18-6-7-19-14/h2-4,6-7,9,12,15,23H,5,8,10H2,1H3,(H,21,24)/t12-,15-/m1/s1. The zero-order valence-electron chi connectivity index (χ0n) is 13.8. The third kappa shape index (κ3) is 3.97. The van der Waals surface area contributed by atoms with Gasteiger partial charge in [-0.05, 0) is 25.5 Å². The van der Waals surface area contributed by atoms with Gasteiger partial charge in [-0.15, -0.1) is 0 Å². The van der Waals surface area contributed by atoms with E-state index in [1.807, 2.05) is 13.0 Å². The zero-order valence-corrected chi connectivity index (χ0v) is 13.8. The van der Waals surface area contributed by atoms with E-state index in [9.17, 15) is 14.7 Å². The number of amides is 2. The van der Waals surface area contributed by atoms with Crippen LogP contribution in [0, 0.1) is 6.92 Å². The van der Waals surface area contributed by atoms with Gasteiger partial charge in [0, 0.05) is 31.2 Å². The second-order valence-electron chi connectivity index (χ2n) is 5.94. The third-order valence-electron chi connectivity index (χ3n) is 4.09. The molecule has 2 N–H and O–H groups in total. The number of carbonyl (C=O) groups excluding carboxylic acids is 2. The Morgan fingerprint density at radius 2 is 2.12 bits per heavy atom. The van der Waals surface area contributed by atoms with Crippen LogP contribution in [0.2, 0.25) is 0 Å². The van der Waals surface area contributed by atoms with Crippen LogP contribution in [-0.2, 0) is 0 Å². The Morgan fingerprint density at radius 3 is 2.80 bits per heavy atom. The van der Waals surface area contributed by atoms with Crippen LogP contribution in [-0.4, -0.2) is 62.0 Å². The highest BCUT2D eigenvalue weighted by molar-refractivity contribution is 5.93. The van der Waals surface area contributed by atoms with E-state index in [0.717, 1.165) is 5.69 Å². The van der Waals surface area contributed by atoms with E-state index < -0.39 is 18.1 Å². The Bertz CT molecular complexity index is 768. The number of nitrogens with zero attached hydrogens (tertiary/aromatic N) is 4. The number of aromatic nitrogens is 3. The molecule has 0 unspecified atom stereocenters. The van der Waals surface area contributed by atoms with Gasteiger partial charge in [-0.2, -0.15) is 0 Å². The minimum absolute atomic E-state index is 0.139. The molecule has 8 nitrogen and oxygen atoms in total. The highest BCUT2D eigenvalue weighted by Gasteiger charge is 2.32. The smallest absolute Gasteiger partial charge is 0.272 e. The average molecular weight is 341 g/mol. The van der Waals surface area contributed by atoms with Crippen molar-refractivity contribution >= 4 is 11.8 Å². The molecule has 0 aromatic carbocycles. The monoisotopic (exact) mass is 341 g/mol. The van der Waals surface area contributed by atoms with E-state index in [2.05, 4.69) is 20.3 Å². The molecule has 0 radical (unpaired) electrons. The summed E-state index contributed by atoms with van der Waals surface area (Å²) in [6.07, 6.45) is 3.87. The quantitative estimate of drug-likeness (QED) is 0.825. The number of piperidine rings is 1. The summed E-state index contributed by atoms with van der Waals surface area (Å²) in [6.45, 7) is 2.39. The first-order chi connectivity index (χ1) is 12.0. The predicted molar refractivity (Wildman–Crippen MR) is 88.8 cm³/mol. The van der Waals surface area contributed by atoms with Crippen molar-refractivity contribution in [3.05, 3.63) is 53.9 Å². The first kappa shape index (κ1) is 17.0. The van der Waals surface area contributed by atoms with Gasteiger partial charge < -0.3 is 15.3 Å². The van der Waals surface area contributed by atoms with Gasteiger partial charge in [-0.25, -0.2) is 9.97 Å². The second kappa shape index (κ2) is 7.35. The number of hydrogen-bond acceptors (Lipinski definition) is 6. The molecule has 1 fully saturated rings. The lowest BCUT2D eigenvalue weighted by Crippen LogP contribution is -2.55. The van der Waals surface area contributed by atoms with Gasteiger partial charge in [0.05, 0.1) is 18.3 Å². The summed E-state index contributed by atoms with van der Waals surface area (Å²) in [5.74, 6) is -0.612. The van der Waals surface area contributed by atoms with E-state index in [-0.39, 0.29) is 18.1 Å². The normalized spacial score (nSPS) is 20.2. The first-order valence-corrected chi connectivity index (χ1v) is 8.02. The molecule has 1 saturated heterocycles. The zero-order chi connectivity index (χ0) is 17.8. The van der Waals surface area contributed by atoms with E-state index in [4.69, 9.17) is 0 Å². The van der Waals surface area contributed by atoms with Crippen molar-refractivity contribution in [2.45, 2.75) is 25.5 Å². The number of rotatable bonds is 3. The molecule has 2 atom stereocenters. The number of nitrogens with one attached hydrogen (secondary N) is 1. The second-order valence-corrected chi connectivity index (χ2v) is 5.94. The molecule has 130 valence electrons. The number of aryl methyl sites for hydroxylation is 1. The van der Waals surface area contributed by atoms with Crippen molar-refractivity contribution in [1.29, 1.82) is 0 Å². The topological polar surface area (TPSA) is 108 Å². The number of aliphatic hydroxyl groups excluding tert-OH is 1. The van der Waals surface area contributed by atoms with E-state index >= 15 is 0 Å². The van der Waals surface area contributed by atoms with Crippen LogP contribution in [0.1, 0.15) is 33.1 Å². The fraction of sp³-hybridized carbons (Fsp3) is 0.353. The van der Waals surface area contributed by atoms with E-state index in [1.54, 1.807) is 17.0 Å². The summed E-state index contributed by atoms with van der Waals surface area (Å²) < 4.78 is 0. The first-order valence-electron chi connectivity index (χ1n) is 8.02. The molecule has 2 aromatic rings. The van der Waals surface area contributed by atoms with Gasteiger partial charge in [0.25, 0.3) is 11.8 Å². The Kier molecular flexibility index (Phi) is 4.99. The Balaban J connectivity index is 1.61. The Morgan fingerprint density at radius 1 is 1.28 bits per heavy atom. The maximum Gasteiger partial charge on any atom is 0.272 e. The highest BCUT2D eigenvalue weighted by atomic mass is 16.3. The lowest BCUT2D eigenvalue weighted by molar-refractivity contribution is 0.0310. The molecule has 0 spiro atoms. The summed E-state index contributed by atoms with van der Waals surface area (Å²) in [7, 11) is 0. The SMILES string of the molecule is Cc1cccc(C(=O)N2CC[C@@H](NC(=O)c3cnccn3)[C@H](O)C2)n1.